The molecule has 0 unspecified atom stereocenters. The van der Waals surface area contributed by atoms with E-state index in [0.717, 1.165) is 51.1 Å². The van der Waals surface area contributed by atoms with Crippen molar-refractivity contribution in [2.24, 2.45) is 0 Å². The zero-order valence-corrected chi connectivity index (χ0v) is 19.5. The van der Waals surface area contributed by atoms with Crippen LogP contribution in [0.2, 0.25) is 0 Å². The SMILES string of the molecule is CN(Cc1nc2ccccc2s1)C(=O)c1cc(S(=O)(=O)N(C)C)ccc1N1CCCC1. The van der Waals surface area contributed by atoms with E-state index in [-0.39, 0.29) is 10.8 Å². The molecule has 0 atom stereocenters. The molecule has 1 aliphatic heterocycles. The molecule has 1 fully saturated rings. The minimum absolute atomic E-state index is 0.122. The van der Waals surface area contributed by atoms with E-state index in [1.807, 2.05) is 24.3 Å². The first-order chi connectivity index (χ1) is 14.8. The Kier molecular flexibility index (Phi) is 6.00. The zero-order chi connectivity index (χ0) is 22.2. The first-order valence-electron chi connectivity index (χ1n) is 10.2. The Labute approximate surface area is 187 Å². The molecule has 0 N–H and O–H groups in total. The molecule has 1 amide bonds. The number of carbonyl (C=O) groups is 1. The average molecular weight is 459 g/mol. The first kappa shape index (κ1) is 21.7. The fraction of sp³-hybridized carbons (Fsp3) is 0.364. The molecular formula is C22H26N4O3S2. The van der Waals surface area contributed by atoms with Crippen molar-refractivity contribution in [3.05, 3.63) is 53.0 Å². The monoisotopic (exact) mass is 458 g/mol. The third-order valence-electron chi connectivity index (χ3n) is 5.48. The molecule has 0 saturated carbocycles. The normalized spacial score (nSPS) is 14.5. The molecule has 1 aromatic heterocycles. The Morgan fingerprint density at radius 2 is 1.81 bits per heavy atom. The lowest BCUT2D eigenvalue weighted by Gasteiger charge is -2.24. The summed E-state index contributed by atoms with van der Waals surface area (Å²) >= 11 is 1.56. The summed E-state index contributed by atoms with van der Waals surface area (Å²) in [5.74, 6) is -0.211. The summed E-state index contributed by atoms with van der Waals surface area (Å²) < 4.78 is 27.6. The van der Waals surface area contributed by atoms with Crippen LogP contribution >= 0.6 is 11.3 Å². The maximum Gasteiger partial charge on any atom is 0.256 e. The predicted octanol–water partition coefficient (Wildman–Crippen LogP) is 3.42. The Balaban J connectivity index is 1.68. The van der Waals surface area contributed by atoms with E-state index in [2.05, 4.69) is 9.88 Å². The van der Waals surface area contributed by atoms with Gasteiger partial charge in [0.25, 0.3) is 5.91 Å². The lowest BCUT2D eigenvalue weighted by Crippen LogP contribution is -2.30. The molecule has 164 valence electrons. The fourth-order valence-corrected chi connectivity index (χ4v) is 5.71. The Morgan fingerprint density at radius 1 is 1.10 bits per heavy atom. The standard InChI is InChI=1S/C22H26N4O3S2/c1-24(2)31(28,29)16-10-11-19(26-12-6-7-13-26)17(14-16)22(27)25(3)15-21-23-18-8-4-5-9-20(18)30-21/h4-5,8-11,14H,6-7,12-13,15H2,1-3H3. The van der Waals surface area contributed by atoms with E-state index >= 15 is 0 Å². The summed E-state index contributed by atoms with van der Waals surface area (Å²) in [4.78, 5) is 22.0. The molecular weight excluding hydrogens is 432 g/mol. The summed E-state index contributed by atoms with van der Waals surface area (Å²) in [6.45, 7) is 2.09. The number of benzene rings is 2. The summed E-state index contributed by atoms with van der Waals surface area (Å²) in [5, 5.41) is 0.844. The molecule has 3 aromatic rings. The number of para-hydroxylation sites is 1. The molecule has 7 nitrogen and oxygen atoms in total. The highest BCUT2D eigenvalue weighted by Gasteiger charge is 2.26. The lowest BCUT2D eigenvalue weighted by atomic mass is 10.1. The van der Waals surface area contributed by atoms with Crippen LogP contribution in [-0.2, 0) is 16.6 Å². The topological polar surface area (TPSA) is 73.8 Å². The van der Waals surface area contributed by atoms with Crippen LogP contribution in [0, 0.1) is 0 Å². The van der Waals surface area contributed by atoms with Crippen molar-refractivity contribution in [3.63, 3.8) is 0 Å². The highest BCUT2D eigenvalue weighted by atomic mass is 32.2. The van der Waals surface area contributed by atoms with E-state index in [1.54, 1.807) is 35.4 Å². The van der Waals surface area contributed by atoms with Crippen LogP contribution in [0.1, 0.15) is 28.2 Å². The van der Waals surface area contributed by atoms with Gasteiger partial charge in [-0.05, 0) is 43.2 Å². The number of hydrogen-bond acceptors (Lipinski definition) is 6. The van der Waals surface area contributed by atoms with Gasteiger partial charge in [-0.25, -0.2) is 17.7 Å². The molecule has 0 aliphatic carbocycles. The number of sulfonamides is 1. The average Bonchev–Trinajstić information content (AvgIpc) is 3.42. The second-order valence-electron chi connectivity index (χ2n) is 7.90. The molecule has 4 rings (SSSR count). The first-order valence-corrected chi connectivity index (χ1v) is 12.4. The summed E-state index contributed by atoms with van der Waals surface area (Å²) in [6.07, 6.45) is 2.12. The van der Waals surface area contributed by atoms with Crippen LogP contribution in [-0.4, -0.2) is 62.7 Å². The second-order valence-corrected chi connectivity index (χ2v) is 11.2. The van der Waals surface area contributed by atoms with Gasteiger partial charge in [0.1, 0.15) is 5.01 Å². The minimum Gasteiger partial charge on any atom is -0.371 e. The van der Waals surface area contributed by atoms with Crippen molar-refractivity contribution >= 4 is 43.2 Å². The van der Waals surface area contributed by atoms with Crippen molar-refractivity contribution < 1.29 is 13.2 Å². The Morgan fingerprint density at radius 3 is 2.48 bits per heavy atom. The van der Waals surface area contributed by atoms with Gasteiger partial charge in [-0.3, -0.25) is 4.79 Å². The van der Waals surface area contributed by atoms with Gasteiger partial charge in [0, 0.05) is 39.9 Å². The number of fused-ring (bicyclic) bond motifs is 1. The van der Waals surface area contributed by atoms with Gasteiger partial charge in [0.2, 0.25) is 10.0 Å². The van der Waals surface area contributed by atoms with Crippen LogP contribution < -0.4 is 4.90 Å². The molecule has 0 spiro atoms. The lowest BCUT2D eigenvalue weighted by molar-refractivity contribution is 0.0785. The van der Waals surface area contributed by atoms with Gasteiger partial charge >= 0.3 is 0 Å². The van der Waals surface area contributed by atoms with E-state index in [4.69, 9.17) is 0 Å². The van der Waals surface area contributed by atoms with Crippen molar-refractivity contribution in [3.8, 4) is 0 Å². The summed E-state index contributed by atoms with van der Waals surface area (Å²) in [6, 6.07) is 12.8. The zero-order valence-electron chi connectivity index (χ0n) is 17.9. The van der Waals surface area contributed by atoms with Gasteiger partial charge in [0.05, 0.1) is 27.2 Å². The molecule has 0 bridgehead atoms. The number of amides is 1. The summed E-state index contributed by atoms with van der Waals surface area (Å²) in [7, 11) is 1.07. The predicted molar refractivity (Wildman–Crippen MR) is 124 cm³/mol. The van der Waals surface area contributed by atoms with Crippen molar-refractivity contribution in [1.82, 2.24) is 14.2 Å². The molecule has 31 heavy (non-hydrogen) atoms. The maximum absolute atomic E-state index is 13.5. The molecule has 2 heterocycles. The largest absolute Gasteiger partial charge is 0.371 e. The van der Waals surface area contributed by atoms with Crippen LogP contribution in [0.5, 0.6) is 0 Å². The Hall–Kier alpha value is -2.49. The van der Waals surface area contributed by atoms with Gasteiger partial charge in [-0.15, -0.1) is 11.3 Å². The van der Waals surface area contributed by atoms with Crippen molar-refractivity contribution in [2.45, 2.75) is 24.3 Å². The van der Waals surface area contributed by atoms with E-state index in [0.29, 0.717) is 12.1 Å². The van der Waals surface area contributed by atoms with Gasteiger partial charge in [-0.1, -0.05) is 12.1 Å². The highest BCUT2D eigenvalue weighted by molar-refractivity contribution is 7.89. The van der Waals surface area contributed by atoms with Crippen molar-refractivity contribution in [2.75, 3.05) is 39.1 Å². The number of carbonyl (C=O) groups excluding carboxylic acids is 1. The van der Waals surface area contributed by atoms with Crippen LogP contribution in [0.4, 0.5) is 5.69 Å². The third kappa shape index (κ3) is 4.30. The molecule has 9 heteroatoms. The smallest absolute Gasteiger partial charge is 0.256 e. The number of rotatable bonds is 6. The van der Waals surface area contributed by atoms with Crippen LogP contribution in [0.25, 0.3) is 10.2 Å². The molecule has 2 aromatic carbocycles. The van der Waals surface area contributed by atoms with Crippen LogP contribution in [0.15, 0.2) is 47.4 Å². The Bertz CT molecular complexity index is 1180. The number of nitrogens with zero attached hydrogens (tertiary/aromatic N) is 4. The fourth-order valence-electron chi connectivity index (χ4n) is 3.76. The number of hydrogen-bond donors (Lipinski definition) is 0. The highest BCUT2D eigenvalue weighted by Crippen LogP contribution is 2.30. The van der Waals surface area contributed by atoms with Crippen molar-refractivity contribution in [1.29, 1.82) is 0 Å². The maximum atomic E-state index is 13.5. The van der Waals surface area contributed by atoms with Gasteiger partial charge in [-0.2, -0.15) is 0 Å². The van der Waals surface area contributed by atoms with E-state index in [1.165, 1.54) is 20.2 Å². The van der Waals surface area contributed by atoms with Gasteiger partial charge in [0.15, 0.2) is 0 Å². The summed E-state index contributed by atoms with van der Waals surface area (Å²) in [5.41, 5.74) is 2.12. The molecule has 0 radical (unpaired) electrons. The van der Waals surface area contributed by atoms with E-state index < -0.39 is 10.0 Å². The molecule has 1 aliphatic rings. The van der Waals surface area contributed by atoms with E-state index in [9.17, 15) is 13.2 Å². The quantitative estimate of drug-likeness (QED) is 0.566. The van der Waals surface area contributed by atoms with Gasteiger partial charge < -0.3 is 9.80 Å². The number of thiazole rings is 1. The second kappa shape index (κ2) is 8.57. The number of aromatic nitrogens is 1. The molecule has 1 saturated heterocycles. The minimum atomic E-state index is -3.64. The van der Waals surface area contributed by atoms with Crippen LogP contribution in [0.3, 0.4) is 0 Å². The number of anilines is 1. The third-order valence-corrected chi connectivity index (χ3v) is 8.31.